The maximum atomic E-state index is 10.1. The smallest absolute Gasteiger partial charge is 0.298 e. The van der Waals surface area contributed by atoms with Gasteiger partial charge in [-0.3, -0.25) is 4.79 Å². The molecule has 0 spiro atoms. The lowest BCUT2D eigenvalue weighted by atomic mass is 10.2. The first kappa shape index (κ1) is 8.13. The van der Waals surface area contributed by atoms with Crippen molar-refractivity contribution in [2.75, 3.05) is 0 Å². The van der Waals surface area contributed by atoms with Crippen molar-refractivity contribution in [3.8, 4) is 5.75 Å². The molecule has 0 aliphatic heterocycles. The number of benzene rings is 1. The van der Waals surface area contributed by atoms with Crippen LogP contribution in [0.1, 0.15) is 0 Å². The molecule has 0 aliphatic carbocycles. The molecule has 0 amide bonds. The van der Waals surface area contributed by atoms with E-state index in [4.69, 9.17) is 16.3 Å². The van der Waals surface area contributed by atoms with Crippen molar-refractivity contribution < 1.29 is 9.53 Å². The van der Waals surface area contributed by atoms with E-state index in [0.717, 1.165) is 10.9 Å². The summed E-state index contributed by atoms with van der Waals surface area (Å²) in [6.07, 6.45) is 1.62. The number of ether oxygens (including phenoxy) is 1. The first-order valence-corrected chi connectivity index (χ1v) is 4.06. The lowest BCUT2D eigenvalue weighted by molar-refractivity contribution is -0.120. The molecule has 0 saturated heterocycles. The number of H-pyrrole nitrogens is 1. The number of aromatic amines is 1. The molecule has 66 valence electrons. The van der Waals surface area contributed by atoms with Gasteiger partial charge >= 0.3 is 0 Å². The van der Waals surface area contributed by atoms with Crippen LogP contribution in [0.5, 0.6) is 5.75 Å². The molecular formula is C9H6ClNO2. The number of carbonyl (C=O) groups is 1. The van der Waals surface area contributed by atoms with Crippen molar-refractivity contribution in [1.82, 2.24) is 4.98 Å². The number of fused-ring (bicyclic) bond motifs is 1. The molecule has 0 unspecified atom stereocenters. The summed E-state index contributed by atoms with van der Waals surface area (Å²) in [6.45, 7) is 0.400. The van der Waals surface area contributed by atoms with E-state index in [1.807, 2.05) is 0 Å². The van der Waals surface area contributed by atoms with E-state index in [0.29, 0.717) is 17.2 Å². The number of hydrogen-bond acceptors (Lipinski definition) is 2. The van der Waals surface area contributed by atoms with Gasteiger partial charge in [0.2, 0.25) is 0 Å². The molecule has 0 atom stereocenters. The first-order valence-electron chi connectivity index (χ1n) is 3.68. The van der Waals surface area contributed by atoms with Crippen LogP contribution in [-0.2, 0) is 4.79 Å². The fourth-order valence-electron chi connectivity index (χ4n) is 1.22. The highest BCUT2D eigenvalue weighted by Crippen LogP contribution is 2.26. The summed E-state index contributed by atoms with van der Waals surface area (Å²) in [5.74, 6) is 0.515. The Kier molecular flexibility index (Phi) is 1.94. The average Bonchev–Trinajstić information content (AvgIpc) is 2.49. The Morgan fingerprint density at radius 1 is 1.46 bits per heavy atom. The maximum absolute atomic E-state index is 10.1. The highest BCUT2D eigenvalue weighted by Gasteiger charge is 2.03. The number of carbonyl (C=O) groups excluding carboxylic acids is 1. The Hall–Kier alpha value is -1.48. The van der Waals surface area contributed by atoms with Crippen LogP contribution in [0.2, 0.25) is 5.02 Å². The number of hydrogen-bond donors (Lipinski definition) is 1. The van der Waals surface area contributed by atoms with Crippen LogP contribution in [0.15, 0.2) is 24.4 Å². The van der Waals surface area contributed by atoms with Gasteiger partial charge < -0.3 is 9.72 Å². The van der Waals surface area contributed by atoms with Crippen LogP contribution in [-0.4, -0.2) is 11.5 Å². The lowest BCUT2D eigenvalue weighted by Gasteiger charge is -1.94. The molecule has 2 aromatic rings. The van der Waals surface area contributed by atoms with Crippen LogP contribution in [0.4, 0.5) is 0 Å². The van der Waals surface area contributed by atoms with Gasteiger partial charge in [-0.25, -0.2) is 0 Å². The summed E-state index contributed by atoms with van der Waals surface area (Å²) < 4.78 is 4.74. The molecule has 13 heavy (non-hydrogen) atoms. The van der Waals surface area contributed by atoms with Gasteiger partial charge in [-0.15, -0.1) is 0 Å². The van der Waals surface area contributed by atoms with Crippen LogP contribution >= 0.6 is 11.6 Å². The second-order valence-corrected chi connectivity index (χ2v) is 2.99. The molecule has 1 aromatic heterocycles. The molecule has 0 aliphatic rings. The predicted octanol–water partition coefficient (Wildman–Crippen LogP) is 2.36. The summed E-state index contributed by atoms with van der Waals surface area (Å²) in [5.41, 5.74) is 0.851. The third-order valence-corrected chi connectivity index (χ3v) is 2.02. The quantitative estimate of drug-likeness (QED) is 0.748. The first-order chi connectivity index (χ1) is 6.31. The number of rotatable bonds is 2. The van der Waals surface area contributed by atoms with E-state index in [2.05, 4.69) is 4.98 Å². The number of nitrogens with one attached hydrogen (secondary N) is 1. The van der Waals surface area contributed by atoms with Crippen LogP contribution in [0, 0.1) is 0 Å². The minimum absolute atomic E-state index is 0.400. The SMILES string of the molecule is O=COc1c[nH]c2cc(Cl)ccc12. The highest BCUT2D eigenvalue weighted by atomic mass is 35.5. The maximum Gasteiger partial charge on any atom is 0.298 e. The fourth-order valence-corrected chi connectivity index (χ4v) is 1.39. The molecule has 2 rings (SSSR count). The van der Waals surface area contributed by atoms with Gasteiger partial charge in [0.15, 0.2) is 5.75 Å². The van der Waals surface area contributed by atoms with E-state index in [-0.39, 0.29) is 0 Å². The van der Waals surface area contributed by atoms with Gasteiger partial charge in [-0.05, 0) is 18.2 Å². The second kappa shape index (κ2) is 3.11. The normalized spacial score (nSPS) is 10.2. The molecule has 4 heteroatoms. The van der Waals surface area contributed by atoms with Gasteiger partial charge in [-0.1, -0.05) is 11.6 Å². The summed E-state index contributed by atoms with van der Waals surface area (Å²) in [7, 11) is 0. The fraction of sp³-hybridized carbons (Fsp3) is 0. The van der Waals surface area contributed by atoms with Crippen molar-refractivity contribution >= 4 is 29.0 Å². The third-order valence-electron chi connectivity index (χ3n) is 1.78. The van der Waals surface area contributed by atoms with E-state index < -0.39 is 0 Å². The van der Waals surface area contributed by atoms with Crippen molar-refractivity contribution in [3.05, 3.63) is 29.4 Å². The van der Waals surface area contributed by atoms with Crippen LogP contribution < -0.4 is 4.74 Å². The van der Waals surface area contributed by atoms with E-state index in [1.54, 1.807) is 24.4 Å². The van der Waals surface area contributed by atoms with Crippen molar-refractivity contribution in [3.63, 3.8) is 0 Å². The summed E-state index contributed by atoms with van der Waals surface area (Å²) >= 11 is 5.77. The molecule has 1 heterocycles. The van der Waals surface area contributed by atoms with Crippen molar-refractivity contribution in [2.45, 2.75) is 0 Å². The monoisotopic (exact) mass is 195 g/mol. The Morgan fingerprint density at radius 3 is 3.08 bits per heavy atom. The molecule has 0 saturated carbocycles. The molecule has 1 N–H and O–H groups in total. The van der Waals surface area contributed by atoms with E-state index >= 15 is 0 Å². The minimum Gasteiger partial charge on any atom is -0.426 e. The van der Waals surface area contributed by atoms with Crippen LogP contribution in [0.3, 0.4) is 0 Å². The summed E-state index contributed by atoms with van der Waals surface area (Å²) in [4.78, 5) is 13.1. The molecule has 1 aromatic carbocycles. The number of halogens is 1. The predicted molar refractivity (Wildman–Crippen MR) is 50.0 cm³/mol. The minimum atomic E-state index is 0.400. The topological polar surface area (TPSA) is 42.1 Å². The Morgan fingerprint density at radius 2 is 2.31 bits per heavy atom. The molecule has 0 bridgehead atoms. The zero-order valence-electron chi connectivity index (χ0n) is 6.58. The van der Waals surface area contributed by atoms with Gasteiger partial charge in [0.25, 0.3) is 6.47 Å². The zero-order chi connectivity index (χ0) is 9.26. The second-order valence-electron chi connectivity index (χ2n) is 2.56. The molecule has 0 radical (unpaired) electrons. The Balaban J connectivity index is 2.61. The summed E-state index contributed by atoms with van der Waals surface area (Å²) in [5, 5.41) is 1.49. The van der Waals surface area contributed by atoms with Crippen molar-refractivity contribution in [1.29, 1.82) is 0 Å². The standard InChI is InChI=1S/C9H6ClNO2/c10-6-1-2-7-8(3-6)11-4-9(7)13-5-12/h1-5,11H. The van der Waals surface area contributed by atoms with Crippen LogP contribution in [0.25, 0.3) is 10.9 Å². The van der Waals surface area contributed by atoms with Gasteiger partial charge in [-0.2, -0.15) is 0 Å². The lowest BCUT2D eigenvalue weighted by Crippen LogP contribution is -1.85. The molecule has 3 nitrogen and oxygen atoms in total. The van der Waals surface area contributed by atoms with Gasteiger partial charge in [0, 0.05) is 16.6 Å². The average molecular weight is 196 g/mol. The Labute approximate surface area is 79.3 Å². The van der Waals surface area contributed by atoms with Gasteiger partial charge in [0.1, 0.15) is 0 Å². The van der Waals surface area contributed by atoms with E-state index in [9.17, 15) is 4.79 Å². The van der Waals surface area contributed by atoms with E-state index in [1.165, 1.54) is 0 Å². The number of aromatic nitrogens is 1. The Bertz CT molecular complexity index is 450. The van der Waals surface area contributed by atoms with Gasteiger partial charge in [0.05, 0.1) is 5.52 Å². The van der Waals surface area contributed by atoms with Crippen molar-refractivity contribution in [2.24, 2.45) is 0 Å². The zero-order valence-corrected chi connectivity index (χ0v) is 7.34. The summed E-state index contributed by atoms with van der Waals surface area (Å²) in [6, 6.07) is 5.32. The largest absolute Gasteiger partial charge is 0.426 e. The highest BCUT2D eigenvalue weighted by molar-refractivity contribution is 6.31. The molecule has 0 fully saturated rings. The molecular weight excluding hydrogens is 190 g/mol. The third kappa shape index (κ3) is 1.38.